The molecule has 4 aromatic rings. The standard InChI is InChI=1S/C22H26N10O2/c1-13-10-18(32-22(27-13)24-12-26-32)29-6-8-30(9-7-29)19(33)5-4-16-14(2)28-21-17(20(23)34)11-25-31(21)15(16)3/h10-12H,4-9H2,1-3H3,(H2,23,34). The molecule has 0 bridgehead atoms. The zero-order valence-electron chi connectivity index (χ0n) is 19.4. The molecule has 1 fully saturated rings. The van der Waals surface area contributed by atoms with Crippen LogP contribution >= 0.6 is 0 Å². The lowest BCUT2D eigenvalue weighted by atomic mass is 10.1. The van der Waals surface area contributed by atoms with Crippen molar-refractivity contribution in [3.63, 3.8) is 0 Å². The lowest BCUT2D eigenvalue weighted by Gasteiger charge is -2.36. The fourth-order valence-corrected chi connectivity index (χ4v) is 4.56. The first-order chi connectivity index (χ1) is 16.3. The van der Waals surface area contributed by atoms with Crippen molar-refractivity contribution in [2.45, 2.75) is 33.6 Å². The molecule has 2 amide bonds. The van der Waals surface area contributed by atoms with Gasteiger partial charge in [0.1, 0.15) is 17.7 Å². The Morgan fingerprint density at radius 2 is 1.79 bits per heavy atom. The van der Waals surface area contributed by atoms with E-state index >= 15 is 0 Å². The zero-order chi connectivity index (χ0) is 24.0. The Kier molecular flexibility index (Phi) is 5.34. The first kappa shape index (κ1) is 21.7. The number of hydrogen-bond donors (Lipinski definition) is 1. The van der Waals surface area contributed by atoms with E-state index < -0.39 is 5.91 Å². The molecular formula is C22H26N10O2. The molecule has 4 aromatic heterocycles. The lowest BCUT2D eigenvalue weighted by Crippen LogP contribution is -2.49. The van der Waals surface area contributed by atoms with E-state index in [-0.39, 0.29) is 5.91 Å². The smallest absolute Gasteiger partial charge is 0.254 e. The molecule has 0 aliphatic carbocycles. The monoisotopic (exact) mass is 462 g/mol. The second-order valence-corrected chi connectivity index (χ2v) is 8.51. The number of nitrogens with zero attached hydrogens (tertiary/aromatic N) is 9. The van der Waals surface area contributed by atoms with Gasteiger partial charge in [0.15, 0.2) is 5.65 Å². The number of carbonyl (C=O) groups is 2. The number of piperazine rings is 1. The quantitative estimate of drug-likeness (QED) is 0.451. The summed E-state index contributed by atoms with van der Waals surface area (Å²) in [5.74, 6) is 1.06. The molecule has 0 spiro atoms. The Bertz CT molecular complexity index is 1410. The fraction of sp³-hybridized carbons (Fsp3) is 0.409. The van der Waals surface area contributed by atoms with E-state index in [1.54, 1.807) is 9.03 Å². The second kappa shape index (κ2) is 8.36. The van der Waals surface area contributed by atoms with Gasteiger partial charge >= 0.3 is 0 Å². The minimum absolute atomic E-state index is 0.105. The summed E-state index contributed by atoms with van der Waals surface area (Å²) in [4.78, 5) is 41.8. The van der Waals surface area contributed by atoms with Crippen molar-refractivity contribution in [3.8, 4) is 0 Å². The largest absolute Gasteiger partial charge is 0.365 e. The van der Waals surface area contributed by atoms with Gasteiger partial charge < -0.3 is 15.5 Å². The summed E-state index contributed by atoms with van der Waals surface area (Å²) in [6, 6.07) is 1.99. The highest BCUT2D eigenvalue weighted by atomic mass is 16.2. The number of amides is 2. The molecule has 0 aromatic carbocycles. The lowest BCUT2D eigenvalue weighted by molar-refractivity contribution is -0.131. The van der Waals surface area contributed by atoms with E-state index in [2.05, 4.69) is 30.0 Å². The average Bonchev–Trinajstić information content (AvgIpc) is 3.45. The van der Waals surface area contributed by atoms with Crippen molar-refractivity contribution < 1.29 is 9.59 Å². The van der Waals surface area contributed by atoms with Crippen LogP contribution in [0.2, 0.25) is 0 Å². The van der Waals surface area contributed by atoms with E-state index in [0.29, 0.717) is 56.0 Å². The van der Waals surface area contributed by atoms with Gasteiger partial charge in [0, 0.05) is 55.7 Å². The van der Waals surface area contributed by atoms with Crippen LogP contribution in [0.4, 0.5) is 5.82 Å². The van der Waals surface area contributed by atoms with Gasteiger partial charge in [-0.2, -0.15) is 19.7 Å². The molecule has 12 heteroatoms. The molecule has 12 nitrogen and oxygen atoms in total. The van der Waals surface area contributed by atoms with Crippen molar-refractivity contribution in [1.82, 2.24) is 39.1 Å². The van der Waals surface area contributed by atoms with Gasteiger partial charge in [-0.15, -0.1) is 0 Å². The molecular weight excluding hydrogens is 436 g/mol. The van der Waals surface area contributed by atoms with Crippen molar-refractivity contribution >= 4 is 29.1 Å². The summed E-state index contributed by atoms with van der Waals surface area (Å²) in [5.41, 5.74) is 9.63. The second-order valence-electron chi connectivity index (χ2n) is 8.51. The molecule has 0 atom stereocenters. The first-order valence-corrected chi connectivity index (χ1v) is 11.2. The molecule has 176 valence electrons. The number of anilines is 1. The van der Waals surface area contributed by atoms with Crippen molar-refractivity contribution in [3.05, 3.63) is 46.8 Å². The summed E-state index contributed by atoms with van der Waals surface area (Å²) in [6.45, 7) is 8.41. The Labute approximate surface area is 195 Å². The maximum Gasteiger partial charge on any atom is 0.254 e. The number of aromatic nitrogens is 7. The summed E-state index contributed by atoms with van der Waals surface area (Å²) in [7, 11) is 0. The maximum atomic E-state index is 13.0. The predicted molar refractivity (Wildman–Crippen MR) is 124 cm³/mol. The van der Waals surface area contributed by atoms with Crippen LogP contribution < -0.4 is 10.6 Å². The number of nitrogens with two attached hydrogens (primary N) is 1. The summed E-state index contributed by atoms with van der Waals surface area (Å²) >= 11 is 0. The van der Waals surface area contributed by atoms with Crippen molar-refractivity contribution in [1.29, 1.82) is 0 Å². The van der Waals surface area contributed by atoms with Gasteiger partial charge in [0.2, 0.25) is 5.91 Å². The minimum atomic E-state index is -0.560. The number of fused-ring (bicyclic) bond motifs is 2. The van der Waals surface area contributed by atoms with Gasteiger partial charge in [-0.05, 0) is 32.8 Å². The van der Waals surface area contributed by atoms with Crippen LogP contribution in [0.1, 0.15) is 39.4 Å². The normalized spacial score (nSPS) is 14.3. The van der Waals surface area contributed by atoms with Crippen molar-refractivity contribution in [2.24, 2.45) is 5.73 Å². The SMILES string of the molecule is Cc1cc(N2CCN(C(=O)CCc3c(C)nc4c(C(N)=O)cnn4c3C)CC2)n2ncnc2n1. The van der Waals surface area contributed by atoms with Gasteiger partial charge in [-0.1, -0.05) is 0 Å². The Morgan fingerprint density at radius 1 is 1.03 bits per heavy atom. The maximum absolute atomic E-state index is 13.0. The minimum Gasteiger partial charge on any atom is -0.365 e. The fourth-order valence-electron chi connectivity index (χ4n) is 4.56. The molecule has 0 saturated carbocycles. The van der Waals surface area contributed by atoms with Gasteiger partial charge in [-0.3, -0.25) is 9.59 Å². The highest BCUT2D eigenvalue weighted by Crippen LogP contribution is 2.21. The van der Waals surface area contributed by atoms with Gasteiger partial charge in [0.05, 0.1) is 6.20 Å². The molecule has 1 aliphatic rings. The van der Waals surface area contributed by atoms with E-state index in [1.165, 1.54) is 12.5 Å². The summed E-state index contributed by atoms with van der Waals surface area (Å²) in [6.07, 6.45) is 3.86. The van der Waals surface area contributed by atoms with Crippen LogP contribution in [0, 0.1) is 20.8 Å². The van der Waals surface area contributed by atoms with E-state index in [4.69, 9.17) is 5.73 Å². The molecule has 5 heterocycles. The number of primary amides is 1. The first-order valence-electron chi connectivity index (χ1n) is 11.2. The third-order valence-corrected chi connectivity index (χ3v) is 6.38. The molecule has 0 radical (unpaired) electrons. The Morgan fingerprint density at radius 3 is 2.53 bits per heavy atom. The molecule has 1 saturated heterocycles. The van der Waals surface area contributed by atoms with Gasteiger partial charge in [0.25, 0.3) is 11.7 Å². The summed E-state index contributed by atoms with van der Waals surface area (Å²) < 4.78 is 3.35. The van der Waals surface area contributed by atoms with E-state index in [1.807, 2.05) is 31.7 Å². The van der Waals surface area contributed by atoms with E-state index in [0.717, 1.165) is 28.5 Å². The average molecular weight is 463 g/mol. The molecule has 0 unspecified atom stereocenters. The van der Waals surface area contributed by atoms with Crippen molar-refractivity contribution in [2.75, 3.05) is 31.1 Å². The van der Waals surface area contributed by atoms with Gasteiger partial charge in [-0.25, -0.2) is 14.5 Å². The predicted octanol–water partition coefficient (Wildman–Crippen LogP) is 0.473. The van der Waals surface area contributed by atoms with Crippen LogP contribution in [-0.4, -0.2) is 77.1 Å². The molecule has 34 heavy (non-hydrogen) atoms. The van der Waals surface area contributed by atoms with E-state index in [9.17, 15) is 9.59 Å². The number of carbonyl (C=O) groups excluding carboxylic acids is 2. The van der Waals surface area contributed by atoms with Crippen LogP contribution in [0.15, 0.2) is 18.6 Å². The molecule has 5 rings (SSSR count). The Hall–Kier alpha value is -4.09. The highest BCUT2D eigenvalue weighted by Gasteiger charge is 2.24. The topological polar surface area (TPSA) is 140 Å². The Balaban J connectivity index is 1.25. The number of aryl methyl sites for hydroxylation is 3. The molecule has 2 N–H and O–H groups in total. The van der Waals surface area contributed by atoms with Crippen LogP contribution in [0.25, 0.3) is 11.4 Å². The third kappa shape index (κ3) is 3.70. The van der Waals surface area contributed by atoms with Crippen LogP contribution in [0.5, 0.6) is 0 Å². The number of hydrogen-bond acceptors (Lipinski definition) is 8. The zero-order valence-corrected chi connectivity index (χ0v) is 19.4. The van der Waals surface area contributed by atoms with Crippen LogP contribution in [-0.2, 0) is 11.2 Å². The van der Waals surface area contributed by atoms with Crippen LogP contribution in [0.3, 0.4) is 0 Å². The molecule has 1 aliphatic heterocycles. The third-order valence-electron chi connectivity index (χ3n) is 6.38. The highest BCUT2D eigenvalue weighted by molar-refractivity contribution is 5.98. The summed E-state index contributed by atoms with van der Waals surface area (Å²) in [5, 5.41) is 8.54. The number of rotatable bonds is 5.